The first kappa shape index (κ1) is 13.6. The SMILES string of the molecule is CC(=O)NC[n+]1cc2ccccc2c2c1-c1ccccc1C2=O. The summed E-state index contributed by atoms with van der Waals surface area (Å²) in [5, 5.41) is 4.75. The van der Waals surface area contributed by atoms with Gasteiger partial charge in [-0.2, -0.15) is 4.57 Å². The molecule has 4 heteroatoms. The van der Waals surface area contributed by atoms with E-state index in [9.17, 15) is 9.59 Å². The summed E-state index contributed by atoms with van der Waals surface area (Å²) in [6.07, 6.45) is 1.99. The van der Waals surface area contributed by atoms with Crippen molar-refractivity contribution in [1.29, 1.82) is 0 Å². The normalized spacial score (nSPS) is 12.1. The van der Waals surface area contributed by atoms with E-state index in [2.05, 4.69) is 5.32 Å². The Morgan fingerprint density at radius 2 is 1.74 bits per heavy atom. The summed E-state index contributed by atoms with van der Waals surface area (Å²) in [5.74, 6) is -0.0546. The fourth-order valence-electron chi connectivity index (χ4n) is 3.20. The number of carbonyl (C=O) groups is 2. The maximum Gasteiger partial charge on any atom is 0.226 e. The zero-order valence-electron chi connectivity index (χ0n) is 12.7. The van der Waals surface area contributed by atoms with Crippen LogP contribution in [0.2, 0.25) is 0 Å². The lowest BCUT2D eigenvalue weighted by molar-refractivity contribution is -0.688. The number of pyridine rings is 1. The summed E-state index contributed by atoms with van der Waals surface area (Å²) >= 11 is 0. The Balaban J connectivity index is 2.05. The van der Waals surface area contributed by atoms with Crippen LogP contribution in [0, 0.1) is 0 Å². The predicted octanol–water partition coefficient (Wildman–Crippen LogP) is 2.43. The van der Waals surface area contributed by atoms with Crippen LogP contribution in [0.25, 0.3) is 22.0 Å². The van der Waals surface area contributed by atoms with Gasteiger partial charge in [0.1, 0.15) is 5.56 Å². The third-order valence-electron chi connectivity index (χ3n) is 4.20. The highest BCUT2D eigenvalue weighted by atomic mass is 16.1. The maximum atomic E-state index is 12.9. The lowest BCUT2D eigenvalue weighted by Gasteiger charge is -2.07. The molecule has 1 amide bonds. The van der Waals surface area contributed by atoms with E-state index in [-0.39, 0.29) is 11.7 Å². The monoisotopic (exact) mass is 303 g/mol. The summed E-state index contributed by atoms with van der Waals surface area (Å²) in [6.45, 7) is 1.82. The number of nitrogens with zero attached hydrogens (tertiary/aromatic N) is 1. The number of benzene rings is 2. The van der Waals surface area contributed by atoms with E-state index in [4.69, 9.17) is 0 Å². The van der Waals surface area contributed by atoms with Crippen molar-refractivity contribution < 1.29 is 14.2 Å². The van der Waals surface area contributed by atoms with Crippen molar-refractivity contribution in [3.05, 3.63) is 65.9 Å². The molecule has 0 aliphatic heterocycles. The van der Waals surface area contributed by atoms with Crippen LogP contribution >= 0.6 is 0 Å². The molecule has 4 rings (SSSR count). The van der Waals surface area contributed by atoms with Gasteiger partial charge in [0.25, 0.3) is 0 Å². The molecule has 0 bridgehead atoms. The van der Waals surface area contributed by atoms with Crippen molar-refractivity contribution in [2.24, 2.45) is 0 Å². The Bertz CT molecular complexity index is 976. The number of fused-ring (bicyclic) bond motifs is 5. The van der Waals surface area contributed by atoms with E-state index in [1.54, 1.807) is 0 Å². The first-order valence-corrected chi connectivity index (χ1v) is 7.50. The third-order valence-corrected chi connectivity index (χ3v) is 4.20. The van der Waals surface area contributed by atoms with Gasteiger partial charge in [-0.25, -0.2) is 0 Å². The van der Waals surface area contributed by atoms with Crippen molar-refractivity contribution in [2.45, 2.75) is 13.6 Å². The molecule has 0 saturated carbocycles. The Morgan fingerprint density at radius 1 is 1.04 bits per heavy atom. The van der Waals surface area contributed by atoms with E-state index in [0.717, 1.165) is 33.2 Å². The molecule has 0 fully saturated rings. The van der Waals surface area contributed by atoms with Crippen LogP contribution in [0.5, 0.6) is 0 Å². The van der Waals surface area contributed by atoms with Crippen molar-refractivity contribution in [3.8, 4) is 11.3 Å². The minimum atomic E-state index is -0.1000. The topological polar surface area (TPSA) is 50.1 Å². The number of rotatable bonds is 2. The van der Waals surface area contributed by atoms with Crippen LogP contribution in [-0.4, -0.2) is 11.7 Å². The highest BCUT2D eigenvalue weighted by molar-refractivity contribution is 6.25. The lowest BCUT2D eigenvalue weighted by atomic mass is 10.0. The minimum Gasteiger partial charge on any atom is -0.301 e. The molecule has 1 aromatic heterocycles. The third kappa shape index (κ3) is 2.03. The molecule has 23 heavy (non-hydrogen) atoms. The molecule has 0 saturated heterocycles. The van der Waals surface area contributed by atoms with Gasteiger partial charge in [0, 0.05) is 23.3 Å². The molecule has 1 N–H and O–H groups in total. The first-order valence-electron chi connectivity index (χ1n) is 7.50. The predicted molar refractivity (Wildman–Crippen MR) is 86.8 cm³/mol. The number of amides is 1. The number of carbonyl (C=O) groups excluding carboxylic acids is 2. The van der Waals surface area contributed by atoms with Gasteiger partial charge in [0.2, 0.25) is 24.1 Å². The molecule has 1 aliphatic rings. The van der Waals surface area contributed by atoms with Gasteiger partial charge in [0.15, 0.2) is 6.20 Å². The lowest BCUT2D eigenvalue weighted by Crippen LogP contribution is -2.44. The van der Waals surface area contributed by atoms with Crippen LogP contribution in [0.1, 0.15) is 22.8 Å². The van der Waals surface area contributed by atoms with Crippen molar-refractivity contribution in [3.63, 3.8) is 0 Å². The Morgan fingerprint density at radius 3 is 2.52 bits per heavy atom. The summed E-state index contributed by atoms with van der Waals surface area (Å²) in [7, 11) is 0. The summed E-state index contributed by atoms with van der Waals surface area (Å²) in [4.78, 5) is 24.2. The van der Waals surface area contributed by atoms with Crippen LogP contribution < -0.4 is 9.88 Å². The first-order chi connectivity index (χ1) is 11.2. The number of nitrogens with one attached hydrogen (secondary N) is 1. The minimum absolute atomic E-state index is 0.0453. The van der Waals surface area contributed by atoms with E-state index in [1.165, 1.54) is 6.92 Å². The van der Waals surface area contributed by atoms with E-state index in [1.807, 2.05) is 59.3 Å². The van der Waals surface area contributed by atoms with Crippen LogP contribution in [0.3, 0.4) is 0 Å². The fourth-order valence-corrected chi connectivity index (χ4v) is 3.20. The standard InChI is InChI=1S/C19H14N2O2/c1-12(22)20-11-21-10-13-6-2-3-7-14(13)17-18(21)15-8-4-5-9-16(15)19(17)23/h2-10H,11H2,1H3/p+1. The maximum absolute atomic E-state index is 12.9. The molecule has 1 aliphatic carbocycles. The van der Waals surface area contributed by atoms with Gasteiger partial charge in [-0.3, -0.25) is 9.59 Å². The van der Waals surface area contributed by atoms with E-state index in [0.29, 0.717) is 6.67 Å². The Hall–Kier alpha value is -3.01. The largest absolute Gasteiger partial charge is 0.301 e. The molecule has 2 aromatic carbocycles. The van der Waals surface area contributed by atoms with Crippen molar-refractivity contribution in [1.82, 2.24) is 5.32 Å². The summed E-state index contributed by atoms with van der Waals surface area (Å²) in [5.41, 5.74) is 3.23. The van der Waals surface area contributed by atoms with Gasteiger partial charge in [-0.15, -0.1) is 0 Å². The number of aromatic nitrogens is 1. The van der Waals surface area contributed by atoms with Gasteiger partial charge in [-0.1, -0.05) is 36.4 Å². The summed E-state index contributed by atoms with van der Waals surface area (Å²) in [6, 6.07) is 15.5. The van der Waals surface area contributed by atoms with E-state index >= 15 is 0 Å². The van der Waals surface area contributed by atoms with Crippen molar-refractivity contribution in [2.75, 3.05) is 0 Å². The average Bonchev–Trinajstić information content (AvgIpc) is 2.87. The number of hydrogen-bond donors (Lipinski definition) is 1. The number of ketones is 1. The van der Waals surface area contributed by atoms with Gasteiger partial charge >= 0.3 is 0 Å². The molecule has 1 heterocycles. The van der Waals surface area contributed by atoms with Crippen LogP contribution in [-0.2, 0) is 11.5 Å². The second-order valence-electron chi connectivity index (χ2n) is 5.68. The van der Waals surface area contributed by atoms with Crippen molar-refractivity contribution >= 4 is 22.5 Å². The molecule has 0 spiro atoms. The zero-order chi connectivity index (χ0) is 16.0. The Labute approximate surface area is 133 Å². The number of hydrogen-bond acceptors (Lipinski definition) is 2. The molecule has 4 nitrogen and oxygen atoms in total. The van der Waals surface area contributed by atoms with Gasteiger partial charge in [-0.05, 0) is 12.1 Å². The molecular formula is C19H15N2O2+. The zero-order valence-corrected chi connectivity index (χ0v) is 12.7. The summed E-state index contributed by atoms with van der Waals surface area (Å²) < 4.78 is 1.95. The van der Waals surface area contributed by atoms with Crippen LogP contribution in [0.15, 0.2) is 54.7 Å². The molecule has 0 radical (unpaired) electrons. The molecular weight excluding hydrogens is 288 g/mol. The highest BCUT2D eigenvalue weighted by Gasteiger charge is 2.36. The second kappa shape index (κ2) is 5.02. The average molecular weight is 303 g/mol. The Kier molecular flexibility index (Phi) is 2.98. The van der Waals surface area contributed by atoms with Gasteiger partial charge in [0.05, 0.1) is 5.56 Å². The molecule has 112 valence electrons. The van der Waals surface area contributed by atoms with Gasteiger partial charge < -0.3 is 5.32 Å². The second-order valence-corrected chi connectivity index (χ2v) is 5.68. The van der Waals surface area contributed by atoms with Crippen LogP contribution in [0.4, 0.5) is 0 Å². The molecule has 0 atom stereocenters. The highest BCUT2D eigenvalue weighted by Crippen LogP contribution is 2.37. The fraction of sp³-hybridized carbons (Fsp3) is 0.105. The molecule has 3 aromatic rings. The quantitative estimate of drug-likeness (QED) is 0.578. The smallest absolute Gasteiger partial charge is 0.226 e. The molecule has 0 unspecified atom stereocenters. The van der Waals surface area contributed by atoms with E-state index < -0.39 is 0 Å².